The van der Waals surface area contributed by atoms with E-state index in [1.165, 1.54) is 23.4 Å². The number of hydrogen-bond donors (Lipinski definition) is 2. The topological polar surface area (TPSA) is 58.6 Å². The van der Waals surface area contributed by atoms with E-state index in [2.05, 4.69) is 11.2 Å². The zero-order valence-corrected chi connectivity index (χ0v) is 12.0. The predicted molar refractivity (Wildman–Crippen MR) is 78.9 cm³/mol. The van der Waals surface area contributed by atoms with Crippen LogP contribution >= 0.6 is 11.8 Å². The van der Waals surface area contributed by atoms with Crippen LogP contribution in [0.2, 0.25) is 0 Å². The van der Waals surface area contributed by atoms with Gasteiger partial charge in [-0.2, -0.15) is 0 Å². The smallest absolute Gasteiger partial charge is 0.170 e. The molecule has 0 radical (unpaired) electrons. The molecule has 2 aromatic carbocycles. The van der Waals surface area contributed by atoms with Gasteiger partial charge in [0.1, 0.15) is 5.82 Å². The quantitative estimate of drug-likeness (QED) is 0.392. The molecular formula is C15H15FN2OS. The van der Waals surface area contributed by atoms with Crippen LogP contribution in [-0.2, 0) is 0 Å². The van der Waals surface area contributed by atoms with E-state index in [9.17, 15) is 4.39 Å². The van der Waals surface area contributed by atoms with Crippen LogP contribution in [0.1, 0.15) is 16.7 Å². The van der Waals surface area contributed by atoms with Crippen LogP contribution in [-0.4, -0.2) is 11.0 Å². The molecule has 0 saturated carbocycles. The molecule has 0 aliphatic heterocycles. The maximum Gasteiger partial charge on any atom is 0.170 e. The van der Waals surface area contributed by atoms with Crippen molar-refractivity contribution >= 4 is 17.6 Å². The van der Waals surface area contributed by atoms with Gasteiger partial charge in [0.15, 0.2) is 5.84 Å². The zero-order chi connectivity index (χ0) is 14.7. The Balaban J connectivity index is 2.30. The molecular weight excluding hydrogens is 275 g/mol. The molecule has 0 saturated heterocycles. The normalized spacial score (nSPS) is 11.7. The summed E-state index contributed by atoms with van der Waals surface area (Å²) in [6, 6.07) is 10.6. The Bertz CT molecular complexity index is 671. The molecule has 0 aromatic heterocycles. The van der Waals surface area contributed by atoms with Crippen molar-refractivity contribution in [2.24, 2.45) is 10.9 Å². The summed E-state index contributed by atoms with van der Waals surface area (Å²) in [5.74, 6) is -0.494. The van der Waals surface area contributed by atoms with Gasteiger partial charge in [-0.1, -0.05) is 34.6 Å². The Hall–Kier alpha value is -2.01. The van der Waals surface area contributed by atoms with Crippen molar-refractivity contribution in [2.75, 3.05) is 0 Å². The number of amidine groups is 1. The molecule has 2 aromatic rings. The summed E-state index contributed by atoms with van der Waals surface area (Å²) in [5, 5.41) is 11.4. The third-order valence-corrected chi connectivity index (χ3v) is 4.11. The molecule has 0 aliphatic carbocycles. The lowest BCUT2D eigenvalue weighted by Crippen LogP contribution is -2.13. The number of hydrogen-bond acceptors (Lipinski definition) is 3. The second-order valence-electron chi connectivity index (χ2n) is 4.50. The van der Waals surface area contributed by atoms with Gasteiger partial charge >= 0.3 is 0 Å². The third kappa shape index (κ3) is 3.11. The van der Waals surface area contributed by atoms with Crippen molar-refractivity contribution in [3.8, 4) is 0 Å². The van der Waals surface area contributed by atoms with Crippen molar-refractivity contribution in [3.63, 3.8) is 0 Å². The summed E-state index contributed by atoms with van der Waals surface area (Å²) < 4.78 is 14.0. The van der Waals surface area contributed by atoms with Gasteiger partial charge in [-0.25, -0.2) is 4.39 Å². The molecule has 3 N–H and O–H groups in total. The fourth-order valence-corrected chi connectivity index (χ4v) is 2.72. The minimum Gasteiger partial charge on any atom is -0.409 e. The van der Waals surface area contributed by atoms with Gasteiger partial charge < -0.3 is 10.9 Å². The Morgan fingerprint density at radius 2 is 1.85 bits per heavy atom. The molecule has 0 bridgehead atoms. The molecule has 0 aliphatic rings. The van der Waals surface area contributed by atoms with E-state index in [4.69, 9.17) is 10.9 Å². The fourth-order valence-electron chi connectivity index (χ4n) is 1.83. The number of nitrogens with zero attached hydrogens (tertiary/aromatic N) is 1. The van der Waals surface area contributed by atoms with E-state index in [1.54, 1.807) is 12.1 Å². The van der Waals surface area contributed by atoms with Crippen molar-refractivity contribution < 1.29 is 9.60 Å². The average Bonchev–Trinajstić information content (AvgIpc) is 2.42. The first-order valence-electron chi connectivity index (χ1n) is 6.04. The van der Waals surface area contributed by atoms with E-state index in [0.29, 0.717) is 10.5 Å². The van der Waals surface area contributed by atoms with Gasteiger partial charge in [0, 0.05) is 15.4 Å². The predicted octanol–water partition coefficient (Wildman–Crippen LogP) is 3.69. The SMILES string of the molecule is Cc1ccc(Sc2ccc(/C(N)=N/O)cc2F)c(C)c1. The van der Waals surface area contributed by atoms with Crippen molar-refractivity contribution in [3.05, 3.63) is 58.9 Å². The van der Waals surface area contributed by atoms with Crippen LogP contribution in [0.4, 0.5) is 4.39 Å². The van der Waals surface area contributed by atoms with E-state index >= 15 is 0 Å². The molecule has 3 nitrogen and oxygen atoms in total. The fraction of sp³-hybridized carbons (Fsp3) is 0.133. The maximum absolute atomic E-state index is 14.0. The van der Waals surface area contributed by atoms with Crippen molar-refractivity contribution in [1.29, 1.82) is 0 Å². The summed E-state index contributed by atoms with van der Waals surface area (Å²) in [7, 11) is 0. The number of rotatable bonds is 3. The highest BCUT2D eigenvalue weighted by Gasteiger charge is 2.09. The largest absolute Gasteiger partial charge is 0.409 e. The second kappa shape index (κ2) is 5.96. The first-order valence-corrected chi connectivity index (χ1v) is 6.85. The molecule has 2 rings (SSSR count). The lowest BCUT2D eigenvalue weighted by molar-refractivity contribution is 0.318. The van der Waals surface area contributed by atoms with Gasteiger partial charge in [0.05, 0.1) is 0 Å². The van der Waals surface area contributed by atoms with Crippen LogP contribution in [0.3, 0.4) is 0 Å². The molecule has 5 heteroatoms. The molecule has 0 amide bonds. The molecule has 0 heterocycles. The number of aryl methyl sites for hydroxylation is 2. The number of halogens is 1. The van der Waals surface area contributed by atoms with Crippen LogP contribution < -0.4 is 5.73 Å². The van der Waals surface area contributed by atoms with Gasteiger partial charge in [0.2, 0.25) is 0 Å². The van der Waals surface area contributed by atoms with Gasteiger partial charge in [0.25, 0.3) is 0 Å². The van der Waals surface area contributed by atoms with Crippen LogP contribution in [0.15, 0.2) is 51.3 Å². The molecule has 104 valence electrons. The van der Waals surface area contributed by atoms with Crippen molar-refractivity contribution in [2.45, 2.75) is 23.6 Å². The van der Waals surface area contributed by atoms with Gasteiger partial charge in [-0.3, -0.25) is 0 Å². The molecule has 0 unspecified atom stereocenters. The number of oxime groups is 1. The van der Waals surface area contributed by atoms with Crippen LogP contribution in [0.5, 0.6) is 0 Å². The average molecular weight is 290 g/mol. The van der Waals surface area contributed by atoms with E-state index in [0.717, 1.165) is 10.5 Å². The van der Waals surface area contributed by atoms with Gasteiger partial charge in [-0.15, -0.1) is 0 Å². The maximum atomic E-state index is 14.0. The summed E-state index contributed by atoms with van der Waals surface area (Å²) in [4.78, 5) is 1.51. The Morgan fingerprint density at radius 3 is 2.45 bits per heavy atom. The third-order valence-electron chi connectivity index (χ3n) is 2.89. The van der Waals surface area contributed by atoms with E-state index in [-0.39, 0.29) is 11.7 Å². The lowest BCUT2D eigenvalue weighted by atomic mass is 10.2. The first-order chi connectivity index (χ1) is 9.51. The van der Waals surface area contributed by atoms with E-state index < -0.39 is 0 Å². The number of nitrogens with two attached hydrogens (primary N) is 1. The monoisotopic (exact) mass is 290 g/mol. The Kier molecular flexibility index (Phi) is 4.29. The molecule has 0 spiro atoms. The Labute approximate surface area is 121 Å². The molecule has 20 heavy (non-hydrogen) atoms. The summed E-state index contributed by atoms with van der Waals surface area (Å²) in [5.41, 5.74) is 8.07. The molecule has 0 fully saturated rings. The molecule has 0 atom stereocenters. The van der Waals surface area contributed by atoms with E-state index in [1.807, 2.05) is 26.0 Å². The van der Waals surface area contributed by atoms with Gasteiger partial charge in [-0.05, 0) is 43.7 Å². The van der Waals surface area contributed by atoms with Crippen LogP contribution in [0.25, 0.3) is 0 Å². The van der Waals surface area contributed by atoms with Crippen molar-refractivity contribution in [1.82, 2.24) is 0 Å². The summed E-state index contributed by atoms with van der Waals surface area (Å²) in [6.45, 7) is 4.02. The second-order valence-corrected chi connectivity index (χ2v) is 5.59. The minimum absolute atomic E-state index is 0.105. The minimum atomic E-state index is -0.390. The summed E-state index contributed by atoms with van der Waals surface area (Å²) >= 11 is 1.36. The highest BCUT2D eigenvalue weighted by molar-refractivity contribution is 7.99. The standard InChI is InChI=1S/C15H15FN2OS/c1-9-3-5-13(10(2)7-9)20-14-6-4-11(8-12(14)16)15(17)18-19/h3-8,19H,1-2H3,(H2,17,18). The first kappa shape index (κ1) is 14.4. The highest BCUT2D eigenvalue weighted by atomic mass is 32.2. The highest BCUT2D eigenvalue weighted by Crippen LogP contribution is 2.32. The Morgan fingerprint density at radius 1 is 1.15 bits per heavy atom. The lowest BCUT2D eigenvalue weighted by Gasteiger charge is -2.08. The zero-order valence-electron chi connectivity index (χ0n) is 11.2. The summed E-state index contributed by atoms with van der Waals surface area (Å²) in [6.07, 6.45) is 0. The number of benzene rings is 2. The van der Waals surface area contributed by atoms with Crippen LogP contribution in [0, 0.1) is 19.7 Å².